The number of thiocarbonyl (C=S) groups is 1. The first-order valence-corrected chi connectivity index (χ1v) is 5.85. The first-order chi connectivity index (χ1) is 7.69. The predicted octanol–water partition coefficient (Wildman–Crippen LogP) is 1.53. The van der Waals surface area contributed by atoms with Gasteiger partial charge in [-0.15, -0.1) is 0 Å². The Morgan fingerprint density at radius 3 is 2.44 bits per heavy atom. The zero-order valence-electron chi connectivity index (χ0n) is 9.52. The Balaban J connectivity index is 2.74. The Labute approximate surface area is 102 Å². The van der Waals surface area contributed by atoms with Crippen LogP contribution in [-0.4, -0.2) is 29.8 Å². The highest BCUT2D eigenvalue weighted by Gasteiger charge is 2.04. The van der Waals surface area contributed by atoms with Crippen molar-refractivity contribution >= 4 is 22.9 Å². The van der Waals surface area contributed by atoms with E-state index >= 15 is 0 Å². The third-order valence-corrected chi connectivity index (χ3v) is 2.72. The fraction of sp³-hybridized carbons (Fsp3) is 0.417. The largest absolute Gasteiger partial charge is 0.396 e. The molecule has 0 aromatic heterocycles. The van der Waals surface area contributed by atoms with Gasteiger partial charge in [0.25, 0.3) is 0 Å². The second kappa shape index (κ2) is 6.45. The molecular weight excluding hydrogens is 220 g/mol. The van der Waals surface area contributed by atoms with Crippen LogP contribution in [-0.2, 0) is 0 Å². The van der Waals surface area contributed by atoms with Crippen LogP contribution >= 0.6 is 12.2 Å². The Morgan fingerprint density at radius 2 is 2.00 bits per heavy atom. The number of nitrogens with two attached hydrogens (primary N) is 1. The van der Waals surface area contributed by atoms with Crippen molar-refractivity contribution in [1.82, 2.24) is 0 Å². The van der Waals surface area contributed by atoms with Crippen LogP contribution in [0.4, 0.5) is 5.69 Å². The van der Waals surface area contributed by atoms with Gasteiger partial charge in [0.2, 0.25) is 0 Å². The van der Waals surface area contributed by atoms with E-state index in [1.54, 1.807) is 0 Å². The number of hydrogen-bond donors (Lipinski definition) is 2. The van der Waals surface area contributed by atoms with Gasteiger partial charge in [-0.3, -0.25) is 0 Å². The maximum absolute atomic E-state index is 8.81. The number of nitrogens with zero attached hydrogens (tertiary/aromatic N) is 1. The van der Waals surface area contributed by atoms with Crippen LogP contribution in [0.2, 0.25) is 0 Å². The molecule has 0 heterocycles. The fourth-order valence-electron chi connectivity index (χ4n) is 1.57. The lowest BCUT2D eigenvalue weighted by molar-refractivity contribution is 0.289. The molecule has 0 saturated carbocycles. The van der Waals surface area contributed by atoms with E-state index in [1.165, 1.54) is 0 Å². The molecule has 3 N–H and O–H groups in total. The maximum Gasteiger partial charge on any atom is 0.103 e. The third-order valence-electron chi connectivity index (χ3n) is 2.48. The van der Waals surface area contributed by atoms with E-state index in [-0.39, 0.29) is 6.61 Å². The third kappa shape index (κ3) is 3.47. The molecule has 88 valence electrons. The Bertz CT molecular complexity index is 337. The van der Waals surface area contributed by atoms with Gasteiger partial charge in [-0.1, -0.05) is 12.2 Å². The molecule has 4 heteroatoms. The lowest BCUT2D eigenvalue weighted by atomic mass is 10.2. The molecule has 0 aliphatic carbocycles. The highest BCUT2D eigenvalue weighted by atomic mass is 32.1. The normalized spacial score (nSPS) is 10.1. The molecule has 0 bridgehead atoms. The fourth-order valence-corrected chi connectivity index (χ4v) is 1.70. The number of hydrogen-bond acceptors (Lipinski definition) is 3. The van der Waals surface area contributed by atoms with Crippen molar-refractivity contribution in [1.29, 1.82) is 0 Å². The monoisotopic (exact) mass is 238 g/mol. The Kier molecular flexibility index (Phi) is 5.22. The minimum absolute atomic E-state index is 0.224. The Morgan fingerprint density at radius 1 is 1.38 bits per heavy atom. The van der Waals surface area contributed by atoms with Crippen LogP contribution in [0.1, 0.15) is 18.9 Å². The van der Waals surface area contributed by atoms with Gasteiger partial charge in [-0.05, 0) is 37.6 Å². The molecule has 16 heavy (non-hydrogen) atoms. The first-order valence-electron chi connectivity index (χ1n) is 5.44. The second-order valence-electron chi connectivity index (χ2n) is 3.57. The van der Waals surface area contributed by atoms with Crippen molar-refractivity contribution in [3.8, 4) is 0 Å². The van der Waals surface area contributed by atoms with Gasteiger partial charge in [0.05, 0.1) is 0 Å². The maximum atomic E-state index is 8.81. The zero-order valence-corrected chi connectivity index (χ0v) is 10.3. The molecule has 0 aliphatic rings. The minimum atomic E-state index is 0.224. The molecular formula is C12H18N2OS. The Hall–Kier alpha value is -1.13. The van der Waals surface area contributed by atoms with Gasteiger partial charge in [-0.25, -0.2) is 0 Å². The van der Waals surface area contributed by atoms with Crippen molar-refractivity contribution in [2.45, 2.75) is 13.3 Å². The summed E-state index contributed by atoms with van der Waals surface area (Å²) in [6.07, 6.45) is 0.783. The van der Waals surface area contributed by atoms with E-state index in [0.717, 1.165) is 30.8 Å². The smallest absolute Gasteiger partial charge is 0.103 e. The molecule has 0 atom stereocenters. The molecule has 0 fully saturated rings. The number of rotatable bonds is 6. The molecule has 0 unspecified atom stereocenters. The van der Waals surface area contributed by atoms with Crippen LogP contribution in [0.3, 0.4) is 0 Å². The van der Waals surface area contributed by atoms with E-state index < -0.39 is 0 Å². The van der Waals surface area contributed by atoms with Gasteiger partial charge in [0.1, 0.15) is 4.99 Å². The summed E-state index contributed by atoms with van der Waals surface area (Å²) < 4.78 is 0. The molecule has 1 rings (SSSR count). The van der Waals surface area contributed by atoms with E-state index in [2.05, 4.69) is 11.8 Å². The van der Waals surface area contributed by atoms with Crippen molar-refractivity contribution in [2.24, 2.45) is 5.73 Å². The van der Waals surface area contributed by atoms with Gasteiger partial charge in [0.15, 0.2) is 0 Å². The van der Waals surface area contributed by atoms with Gasteiger partial charge >= 0.3 is 0 Å². The SMILES string of the molecule is CCN(CCCO)c1ccc(C(N)=S)cc1. The summed E-state index contributed by atoms with van der Waals surface area (Å²) in [4.78, 5) is 2.63. The van der Waals surface area contributed by atoms with E-state index in [0.29, 0.717) is 4.99 Å². The molecule has 0 spiro atoms. The number of aliphatic hydroxyl groups is 1. The highest BCUT2D eigenvalue weighted by Crippen LogP contribution is 2.15. The average Bonchev–Trinajstić information content (AvgIpc) is 2.30. The zero-order chi connectivity index (χ0) is 12.0. The molecule has 0 saturated heterocycles. The van der Waals surface area contributed by atoms with Crippen molar-refractivity contribution in [3.05, 3.63) is 29.8 Å². The number of anilines is 1. The van der Waals surface area contributed by atoms with E-state index in [9.17, 15) is 0 Å². The number of aliphatic hydroxyl groups excluding tert-OH is 1. The topological polar surface area (TPSA) is 49.5 Å². The van der Waals surface area contributed by atoms with Gasteiger partial charge < -0.3 is 15.7 Å². The molecule has 3 nitrogen and oxygen atoms in total. The van der Waals surface area contributed by atoms with Crippen molar-refractivity contribution in [3.63, 3.8) is 0 Å². The van der Waals surface area contributed by atoms with Crippen LogP contribution in [0.25, 0.3) is 0 Å². The molecule has 0 amide bonds. The summed E-state index contributed by atoms with van der Waals surface area (Å²) in [5.74, 6) is 0. The second-order valence-corrected chi connectivity index (χ2v) is 4.01. The van der Waals surface area contributed by atoms with E-state index in [1.807, 2.05) is 24.3 Å². The van der Waals surface area contributed by atoms with Crippen molar-refractivity contribution in [2.75, 3.05) is 24.6 Å². The number of benzene rings is 1. The van der Waals surface area contributed by atoms with Crippen LogP contribution in [0.15, 0.2) is 24.3 Å². The van der Waals surface area contributed by atoms with E-state index in [4.69, 9.17) is 23.1 Å². The summed E-state index contributed by atoms with van der Waals surface area (Å²) in [6, 6.07) is 7.88. The van der Waals surface area contributed by atoms with Crippen LogP contribution in [0.5, 0.6) is 0 Å². The first kappa shape index (κ1) is 12.9. The standard InChI is InChI=1S/C12H18N2OS/c1-2-14(8-3-9-15)11-6-4-10(5-7-11)12(13)16/h4-7,15H,2-3,8-9H2,1H3,(H2,13,16). The summed E-state index contributed by atoms with van der Waals surface area (Å²) in [5.41, 5.74) is 7.56. The highest BCUT2D eigenvalue weighted by molar-refractivity contribution is 7.80. The lowest BCUT2D eigenvalue weighted by Gasteiger charge is -2.22. The van der Waals surface area contributed by atoms with Gasteiger partial charge in [-0.2, -0.15) is 0 Å². The quantitative estimate of drug-likeness (QED) is 0.738. The summed E-state index contributed by atoms with van der Waals surface area (Å²) >= 11 is 4.90. The molecule has 0 aliphatic heterocycles. The van der Waals surface area contributed by atoms with Gasteiger partial charge in [0, 0.05) is 30.9 Å². The molecule has 1 aromatic rings. The summed E-state index contributed by atoms with van der Waals surface area (Å²) in [7, 11) is 0. The lowest BCUT2D eigenvalue weighted by Crippen LogP contribution is -2.24. The van der Waals surface area contributed by atoms with Crippen LogP contribution in [0, 0.1) is 0 Å². The average molecular weight is 238 g/mol. The predicted molar refractivity (Wildman–Crippen MR) is 71.9 cm³/mol. The minimum Gasteiger partial charge on any atom is -0.396 e. The molecule has 0 radical (unpaired) electrons. The summed E-state index contributed by atoms with van der Waals surface area (Å²) in [6.45, 7) is 4.10. The summed E-state index contributed by atoms with van der Waals surface area (Å²) in [5, 5.41) is 8.81. The van der Waals surface area contributed by atoms with Crippen LogP contribution < -0.4 is 10.6 Å². The molecule has 1 aromatic carbocycles. The van der Waals surface area contributed by atoms with Crippen molar-refractivity contribution < 1.29 is 5.11 Å².